The van der Waals surface area contributed by atoms with Crippen LogP contribution in [0.2, 0.25) is 0 Å². The fourth-order valence-electron chi connectivity index (χ4n) is 2.42. The maximum atomic E-state index is 10.0. The van der Waals surface area contributed by atoms with E-state index in [0.29, 0.717) is 19.6 Å². The second-order valence-electron chi connectivity index (χ2n) is 6.11. The van der Waals surface area contributed by atoms with E-state index in [0.717, 1.165) is 19.0 Å². The van der Waals surface area contributed by atoms with Gasteiger partial charge in [-0.2, -0.15) is 0 Å². The van der Waals surface area contributed by atoms with Gasteiger partial charge in [-0.25, -0.2) is 0 Å². The first-order valence-electron chi connectivity index (χ1n) is 6.91. The van der Waals surface area contributed by atoms with Crippen LogP contribution in [0.25, 0.3) is 0 Å². The highest BCUT2D eigenvalue weighted by Gasteiger charge is 2.22. The van der Waals surface area contributed by atoms with Crippen LogP contribution in [0.5, 0.6) is 0 Å². The van der Waals surface area contributed by atoms with Crippen molar-refractivity contribution in [1.82, 2.24) is 4.90 Å². The molecule has 3 heteroatoms. The Morgan fingerprint density at radius 2 is 2.28 bits per heavy atom. The van der Waals surface area contributed by atoms with Crippen LogP contribution < -0.4 is 0 Å². The number of β-amino-alcohol motifs (C(OH)–C–C–N with tert-alkyl or cyclic N) is 1. The van der Waals surface area contributed by atoms with Crippen LogP contribution in [0.15, 0.2) is 0 Å². The number of ether oxygens (including phenoxy) is 1. The summed E-state index contributed by atoms with van der Waals surface area (Å²) >= 11 is 0. The van der Waals surface area contributed by atoms with Gasteiger partial charge in [-0.1, -0.05) is 6.92 Å². The lowest BCUT2D eigenvalue weighted by Crippen LogP contribution is -2.41. The third kappa shape index (κ3) is 5.86. The summed E-state index contributed by atoms with van der Waals surface area (Å²) in [6.45, 7) is 9.44. The summed E-state index contributed by atoms with van der Waals surface area (Å²) in [5.41, 5.74) is -0.342. The predicted octanol–water partition coefficient (Wildman–Crippen LogP) is 1.90. The second kappa shape index (κ2) is 7.13. The standard InChI is InChI=1S/C15H27NO2/c1-5-8-15(3,4)18-12-14(17)11-16-9-6-7-13(2)10-16/h1,13-14,17H,6-12H2,2-4H3/t13-,14-/m1/s1. The summed E-state index contributed by atoms with van der Waals surface area (Å²) in [6.07, 6.45) is 7.97. The Morgan fingerprint density at radius 1 is 1.56 bits per heavy atom. The zero-order chi connectivity index (χ0) is 13.6. The van der Waals surface area contributed by atoms with Crippen molar-refractivity contribution in [3.05, 3.63) is 0 Å². The smallest absolute Gasteiger partial charge is 0.0900 e. The van der Waals surface area contributed by atoms with E-state index in [-0.39, 0.29) is 5.60 Å². The van der Waals surface area contributed by atoms with E-state index in [1.54, 1.807) is 0 Å². The molecule has 1 aliphatic rings. The Labute approximate surface area is 112 Å². The fourth-order valence-corrected chi connectivity index (χ4v) is 2.42. The number of hydrogen-bond donors (Lipinski definition) is 1. The molecule has 1 fully saturated rings. The van der Waals surface area contributed by atoms with Crippen molar-refractivity contribution in [2.75, 3.05) is 26.2 Å². The minimum atomic E-state index is -0.424. The van der Waals surface area contributed by atoms with Gasteiger partial charge in [0.2, 0.25) is 0 Å². The van der Waals surface area contributed by atoms with Crippen molar-refractivity contribution >= 4 is 0 Å². The number of hydrogen-bond acceptors (Lipinski definition) is 3. The maximum absolute atomic E-state index is 10.0. The molecule has 1 N–H and O–H groups in total. The lowest BCUT2D eigenvalue weighted by molar-refractivity contribution is -0.0648. The number of nitrogens with zero attached hydrogens (tertiary/aromatic N) is 1. The molecule has 104 valence electrons. The molecular formula is C15H27NO2. The van der Waals surface area contributed by atoms with E-state index in [1.807, 2.05) is 13.8 Å². The Hall–Kier alpha value is -0.560. The zero-order valence-corrected chi connectivity index (χ0v) is 12.0. The first kappa shape index (κ1) is 15.5. The Morgan fingerprint density at radius 3 is 2.89 bits per heavy atom. The van der Waals surface area contributed by atoms with Crippen molar-refractivity contribution in [3.8, 4) is 12.3 Å². The minimum absolute atomic E-state index is 0.342. The van der Waals surface area contributed by atoms with E-state index < -0.39 is 6.10 Å². The van der Waals surface area contributed by atoms with Gasteiger partial charge in [0.05, 0.1) is 18.3 Å². The average Bonchev–Trinajstić information content (AvgIpc) is 2.26. The van der Waals surface area contributed by atoms with Gasteiger partial charge >= 0.3 is 0 Å². The Bertz CT molecular complexity index is 283. The number of likely N-dealkylation sites (tertiary alicyclic amines) is 1. The van der Waals surface area contributed by atoms with Gasteiger partial charge in [0, 0.05) is 19.5 Å². The molecule has 0 radical (unpaired) electrons. The normalized spacial score (nSPS) is 23.6. The number of rotatable bonds is 6. The molecular weight excluding hydrogens is 226 g/mol. The lowest BCUT2D eigenvalue weighted by Gasteiger charge is -2.33. The highest BCUT2D eigenvalue weighted by Crippen LogP contribution is 2.17. The largest absolute Gasteiger partial charge is 0.389 e. The molecule has 2 atom stereocenters. The molecule has 0 aromatic rings. The highest BCUT2D eigenvalue weighted by atomic mass is 16.5. The maximum Gasteiger partial charge on any atom is 0.0900 e. The molecule has 0 spiro atoms. The summed E-state index contributed by atoms with van der Waals surface area (Å²) in [6, 6.07) is 0. The van der Waals surface area contributed by atoms with E-state index in [1.165, 1.54) is 12.8 Å². The highest BCUT2D eigenvalue weighted by molar-refractivity contribution is 4.92. The van der Waals surface area contributed by atoms with Crippen LogP contribution >= 0.6 is 0 Å². The predicted molar refractivity (Wildman–Crippen MR) is 74.3 cm³/mol. The van der Waals surface area contributed by atoms with Crippen molar-refractivity contribution in [2.45, 2.75) is 51.7 Å². The third-order valence-electron chi connectivity index (χ3n) is 3.40. The summed E-state index contributed by atoms with van der Waals surface area (Å²) in [4.78, 5) is 2.33. The molecule has 1 heterocycles. The van der Waals surface area contributed by atoms with Gasteiger partial charge in [-0.05, 0) is 39.2 Å². The van der Waals surface area contributed by atoms with Gasteiger partial charge in [0.15, 0.2) is 0 Å². The van der Waals surface area contributed by atoms with Crippen molar-refractivity contribution in [3.63, 3.8) is 0 Å². The molecule has 0 aromatic carbocycles. The Balaban J connectivity index is 2.25. The summed E-state index contributed by atoms with van der Waals surface area (Å²) < 4.78 is 5.68. The van der Waals surface area contributed by atoms with Crippen LogP contribution in [0.3, 0.4) is 0 Å². The molecule has 1 saturated heterocycles. The third-order valence-corrected chi connectivity index (χ3v) is 3.40. The first-order valence-corrected chi connectivity index (χ1v) is 6.91. The topological polar surface area (TPSA) is 32.7 Å². The van der Waals surface area contributed by atoms with E-state index >= 15 is 0 Å². The number of terminal acetylenes is 1. The van der Waals surface area contributed by atoms with Crippen LogP contribution in [-0.2, 0) is 4.74 Å². The van der Waals surface area contributed by atoms with Crippen LogP contribution in [0.1, 0.15) is 40.0 Å². The van der Waals surface area contributed by atoms with Gasteiger partial charge in [0.25, 0.3) is 0 Å². The molecule has 0 amide bonds. The molecule has 18 heavy (non-hydrogen) atoms. The molecule has 0 aromatic heterocycles. The molecule has 3 nitrogen and oxygen atoms in total. The van der Waals surface area contributed by atoms with Crippen LogP contribution in [0, 0.1) is 18.3 Å². The first-order chi connectivity index (χ1) is 8.43. The number of piperidine rings is 1. The SMILES string of the molecule is C#CCC(C)(C)OC[C@H](O)CN1CCC[C@@H](C)C1. The van der Waals surface area contributed by atoms with Crippen molar-refractivity contribution in [1.29, 1.82) is 0 Å². The summed E-state index contributed by atoms with van der Waals surface area (Å²) in [5, 5.41) is 10.0. The Kier molecular flexibility index (Phi) is 6.14. The van der Waals surface area contributed by atoms with Gasteiger partial charge in [0.1, 0.15) is 0 Å². The van der Waals surface area contributed by atoms with Gasteiger partial charge < -0.3 is 14.7 Å². The van der Waals surface area contributed by atoms with Gasteiger partial charge in [-0.15, -0.1) is 12.3 Å². The fraction of sp³-hybridized carbons (Fsp3) is 0.867. The number of aliphatic hydroxyl groups excluding tert-OH is 1. The van der Waals surface area contributed by atoms with Crippen LogP contribution in [-0.4, -0.2) is 48.0 Å². The van der Waals surface area contributed by atoms with E-state index in [9.17, 15) is 5.11 Å². The minimum Gasteiger partial charge on any atom is -0.389 e. The average molecular weight is 253 g/mol. The second-order valence-corrected chi connectivity index (χ2v) is 6.11. The molecule has 0 unspecified atom stereocenters. The molecule has 0 aliphatic carbocycles. The molecule has 0 bridgehead atoms. The van der Waals surface area contributed by atoms with Crippen LogP contribution in [0.4, 0.5) is 0 Å². The van der Waals surface area contributed by atoms with Crippen molar-refractivity contribution < 1.29 is 9.84 Å². The van der Waals surface area contributed by atoms with Gasteiger partial charge in [-0.3, -0.25) is 0 Å². The molecule has 0 saturated carbocycles. The summed E-state index contributed by atoms with van der Waals surface area (Å²) in [7, 11) is 0. The zero-order valence-electron chi connectivity index (χ0n) is 12.0. The van der Waals surface area contributed by atoms with E-state index in [4.69, 9.17) is 11.2 Å². The monoisotopic (exact) mass is 253 g/mol. The van der Waals surface area contributed by atoms with Crippen molar-refractivity contribution in [2.24, 2.45) is 5.92 Å². The summed E-state index contributed by atoms with van der Waals surface area (Å²) in [5.74, 6) is 3.34. The lowest BCUT2D eigenvalue weighted by atomic mass is 10.00. The molecule has 1 aliphatic heterocycles. The quantitative estimate of drug-likeness (QED) is 0.734. The molecule has 1 rings (SSSR count). The van der Waals surface area contributed by atoms with E-state index in [2.05, 4.69) is 17.7 Å². The number of aliphatic hydroxyl groups is 1.